The Labute approximate surface area is 135 Å². The molecule has 0 fully saturated rings. The minimum Gasteiger partial charge on any atom is -0.314 e. The molecule has 0 aliphatic rings. The molecule has 21 heavy (non-hydrogen) atoms. The fraction of sp³-hybridized carbons (Fsp3) is 0.412. The largest absolute Gasteiger partial charge is 0.314 e. The molecule has 3 nitrogen and oxygen atoms in total. The van der Waals surface area contributed by atoms with Crippen molar-refractivity contribution in [3.63, 3.8) is 0 Å². The Bertz CT molecular complexity index is 513. The van der Waals surface area contributed by atoms with Crippen molar-refractivity contribution in [2.75, 3.05) is 6.54 Å². The first-order chi connectivity index (χ1) is 10.3. The Morgan fingerprint density at radius 2 is 2.00 bits per heavy atom. The summed E-state index contributed by atoms with van der Waals surface area (Å²) in [4.78, 5) is 8.55. The second kappa shape index (κ2) is 8.90. The van der Waals surface area contributed by atoms with Gasteiger partial charge in [-0.3, -0.25) is 9.97 Å². The highest BCUT2D eigenvalue weighted by Gasteiger charge is 2.10. The molecule has 0 amide bonds. The number of aromatic nitrogens is 2. The van der Waals surface area contributed by atoms with E-state index in [-0.39, 0.29) is 0 Å². The summed E-state index contributed by atoms with van der Waals surface area (Å²) in [5, 5.41) is 3.64. The second-order valence-corrected chi connectivity index (χ2v) is 6.13. The minimum absolute atomic E-state index is 0.465. The fourth-order valence-corrected chi connectivity index (χ4v) is 2.53. The highest BCUT2D eigenvalue weighted by Crippen LogP contribution is 2.11. The quantitative estimate of drug-likeness (QED) is 0.789. The third kappa shape index (κ3) is 5.94. The van der Waals surface area contributed by atoms with Gasteiger partial charge in [-0.2, -0.15) is 0 Å². The summed E-state index contributed by atoms with van der Waals surface area (Å²) in [5.74, 6) is 0. The molecule has 1 atom stereocenters. The first kappa shape index (κ1) is 16.1. The Hall–Kier alpha value is -1.26. The molecule has 112 valence electrons. The van der Waals surface area contributed by atoms with Crippen LogP contribution < -0.4 is 5.32 Å². The molecule has 0 aromatic carbocycles. The van der Waals surface area contributed by atoms with Crippen LogP contribution >= 0.6 is 15.9 Å². The Morgan fingerprint density at radius 3 is 2.67 bits per heavy atom. The summed E-state index contributed by atoms with van der Waals surface area (Å²) in [6, 6.07) is 8.80. The maximum atomic E-state index is 4.48. The van der Waals surface area contributed by atoms with Crippen molar-refractivity contribution in [1.82, 2.24) is 15.3 Å². The van der Waals surface area contributed by atoms with E-state index >= 15 is 0 Å². The molecule has 0 bridgehead atoms. The van der Waals surface area contributed by atoms with E-state index < -0.39 is 0 Å². The van der Waals surface area contributed by atoms with Gasteiger partial charge in [0, 0.05) is 41.2 Å². The fourth-order valence-electron chi connectivity index (χ4n) is 2.29. The molecule has 0 aliphatic heterocycles. The number of hydrogen-bond donors (Lipinski definition) is 1. The van der Waals surface area contributed by atoms with Crippen LogP contribution in [0.5, 0.6) is 0 Å². The van der Waals surface area contributed by atoms with E-state index in [9.17, 15) is 0 Å². The van der Waals surface area contributed by atoms with Gasteiger partial charge in [0.25, 0.3) is 0 Å². The van der Waals surface area contributed by atoms with E-state index in [4.69, 9.17) is 0 Å². The molecule has 0 aliphatic carbocycles. The van der Waals surface area contributed by atoms with Crippen LogP contribution in [-0.2, 0) is 12.8 Å². The van der Waals surface area contributed by atoms with E-state index in [0.717, 1.165) is 42.4 Å². The maximum Gasteiger partial charge on any atom is 0.0419 e. The summed E-state index contributed by atoms with van der Waals surface area (Å²) in [6.07, 6.45) is 9.90. The molecule has 2 aromatic rings. The van der Waals surface area contributed by atoms with Gasteiger partial charge in [-0.05, 0) is 71.6 Å². The highest BCUT2D eigenvalue weighted by molar-refractivity contribution is 9.10. The van der Waals surface area contributed by atoms with Gasteiger partial charge in [0.1, 0.15) is 0 Å². The number of rotatable bonds is 8. The van der Waals surface area contributed by atoms with Gasteiger partial charge in [-0.25, -0.2) is 0 Å². The molecule has 2 heterocycles. The number of nitrogens with zero attached hydrogens (tertiary/aromatic N) is 2. The molecule has 0 radical (unpaired) electrons. The van der Waals surface area contributed by atoms with Gasteiger partial charge in [0.2, 0.25) is 0 Å². The first-order valence-electron chi connectivity index (χ1n) is 7.50. The molecule has 4 heteroatoms. The molecule has 0 spiro atoms. The monoisotopic (exact) mass is 347 g/mol. The molecule has 0 saturated carbocycles. The molecule has 2 aromatic heterocycles. The summed E-state index contributed by atoms with van der Waals surface area (Å²) in [5.41, 5.74) is 2.48. The third-order valence-corrected chi connectivity index (χ3v) is 3.93. The van der Waals surface area contributed by atoms with E-state index in [1.165, 1.54) is 5.56 Å². The Kier molecular flexibility index (Phi) is 6.83. The number of hydrogen-bond acceptors (Lipinski definition) is 3. The van der Waals surface area contributed by atoms with Crippen LogP contribution in [0.4, 0.5) is 0 Å². The van der Waals surface area contributed by atoms with Crippen LogP contribution in [0.15, 0.2) is 47.3 Å². The summed E-state index contributed by atoms with van der Waals surface area (Å²) < 4.78 is 1.03. The average molecular weight is 348 g/mol. The van der Waals surface area contributed by atoms with Gasteiger partial charge < -0.3 is 5.32 Å². The van der Waals surface area contributed by atoms with Crippen LogP contribution in [0, 0.1) is 0 Å². The number of pyridine rings is 2. The zero-order chi connectivity index (χ0) is 14.9. The van der Waals surface area contributed by atoms with Crippen LogP contribution in [0.1, 0.15) is 31.0 Å². The van der Waals surface area contributed by atoms with E-state index in [2.05, 4.69) is 62.4 Å². The minimum atomic E-state index is 0.465. The van der Waals surface area contributed by atoms with Crippen LogP contribution in [0.2, 0.25) is 0 Å². The number of aryl methyl sites for hydroxylation is 1. The van der Waals surface area contributed by atoms with E-state index in [1.54, 1.807) is 0 Å². The number of nitrogens with one attached hydrogen (secondary N) is 1. The highest BCUT2D eigenvalue weighted by atomic mass is 79.9. The van der Waals surface area contributed by atoms with Crippen molar-refractivity contribution in [3.05, 3.63) is 58.6 Å². The molecule has 0 saturated heterocycles. The van der Waals surface area contributed by atoms with Crippen LogP contribution in [0.3, 0.4) is 0 Å². The summed E-state index contributed by atoms with van der Waals surface area (Å²) >= 11 is 3.43. The van der Waals surface area contributed by atoms with Crippen molar-refractivity contribution in [3.8, 4) is 0 Å². The molecule has 1 unspecified atom stereocenters. The normalized spacial score (nSPS) is 12.3. The predicted octanol–water partition coefficient (Wildman–Crippen LogP) is 3.78. The van der Waals surface area contributed by atoms with Gasteiger partial charge in [-0.15, -0.1) is 0 Å². The standard InChI is InChI=1S/C17H22BrN3/c1-2-9-20-16(5-3-14-7-10-19-11-8-14)12-17-6-4-15(18)13-21-17/h4,6-8,10-11,13,16,20H,2-3,5,9,12H2,1H3. The van der Waals surface area contributed by atoms with E-state index in [1.807, 2.05) is 18.6 Å². The van der Waals surface area contributed by atoms with Crippen molar-refractivity contribution in [2.24, 2.45) is 0 Å². The van der Waals surface area contributed by atoms with E-state index in [0.29, 0.717) is 6.04 Å². The van der Waals surface area contributed by atoms with Crippen molar-refractivity contribution in [2.45, 2.75) is 38.6 Å². The lowest BCUT2D eigenvalue weighted by Gasteiger charge is -2.18. The SMILES string of the molecule is CCCNC(CCc1ccncc1)Cc1ccc(Br)cn1. The predicted molar refractivity (Wildman–Crippen MR) is 90.3 cm³/mol. The smallest absolute Gasteiger partial charge is 0.0419 e. The lowest BCUT2D eigenvalue weighted by molar-refractivity contribution is 0.474. The molecular weight excluding hydrogens is 326 g/mol. The average Bonchev–Trinajstić information content (AvgIpc) is 2.53. The zero-order valence-corrected chi connectivity index (χ0v) is 14.0. The Morgan fingerprint density at radius 1 is 1.19 bits per heavy atom. The van der Waals surface area contributed by atoms with Gasteiger partial charge in [0.05, 0.1) is 0 Å². The molecular formula is C17H22BrN3. The van der Waals surface area contributed by atoms with Crippen LogP contribution in [-0.4, -0.2) is 22.6 Å². The van der Waals surface area contributed by atoms with Gasteiger partial charge in [0.15, 0.2) is 0 Å². The summed E-state index contributed by atoms with van der Waals surface area (Å²) in [7, 11) is 0. The molecule has 1 N–H and O–H groups in total. The van der Waals surface area contributed by atoms with Crippen molar-refractivity contribution >= 4 is 15.9 Å². The van der Waals surface area contributed by atoms with Gasteiger partial charge >= 0.3 is 0 Å². The van der Waals surface area contributed by atoms with Gasteiger partial charge in [-0.1, -0.05) is 6.92 Å². The third-order valence-electron chi connectivity index (χ3n) is 3.46. The number of halogens is 1. The molecule has 2 rings (SSSR count). The lowest BCUT2D eigenvalue weighted by Crippen LogP contribution is -2.32. The van der Waals surface area contributed by atoms with Crippen molar-refractivity contribution < 1.29 is 0 Å². The zero-order valence-electron chi connectivity index (χ0n) is 12.4. The second-order valence-electron chi connectivity index (χ2n) is 5.22. The van der Waals surface area contributed by atoms with Crippen molar-refractivity contribution in [1.29, 1.82) is 0 Å². The Balaban J connectivity index is 1.92. The van der Waals surface area contributed by atoms with Crippen LogP contribution in [0.25, 0.3) is 0 Å². The summed E-state index contributed by atoms with van der Waals surface area (Å²) in [6.45, 7) is 3.25. The lowest BCUT2D eigenvalue weighted by atomic mass is 10.0. The topological polar surface area (TPSA) is 37.8 Å². The maximum absolute atomic E-state index is 4.48. The first-order valence-corrected chi connectivity index (χ1v) is 8.30.